The van der Waals surface area contributed by atoms with Crippen LogP contribution >= 0.6 is 0 Å². The third kappa shape index (κ3) is 6.64. The highest BCUT2D eigenvalue weighted by atomic mass is 16.5. The van der Waals surface area contributed by atoms with Crippen molar-refractivity contribution in [3.05, 3.63) is 0 Å². The molecule has 0 spiro atoms. The van der Waals surface area contributed by atoms with Crippen molar-refractivity contribution < 1.29 is 18.9 Å². The quantitative estimate of drug-likeness (QED) is 0.576. The van der Waals surface area contributed by atoms with Crippen molar-refractivity contribution in [2.75, 3.05) is 60.3 Å². The van der Waals surface area contributed by atoms with Crippen molar-refractivity contribution in [1.82, 2.24) is 10.2 Å². The maximum Gasteiger partial charge on any atom is 0.0873 e. The van der Waals surface area contributed by atoms with E-state index in [1.54, 1.807) is 14.2 Å². The molecule has 2 aliphatic heterocycles. The Balaban J connectivity index is 1.71. The number of hydrogen-bond donors (Lipinski definition) is 1. The summed E-state index contributed by atoms with van der Waals surface area (Å²) >= 11 is 0. The van der Waals surface area contributed by atoms with Gasteiger partial charge >= 0.3 is 0 Å². The number of methoxy groups -OCH3 is 2. The summed E-state index contributed by atoms with van der Waals surface area (Å²) in [5.41, 5.74) is 0. The minimum atomic E-state index is 0.291. The van der Waals surface area contributed by atoms with Crippen LogP contribution in [-0.2, 0) is 18.9 Å². The summed E-state index contributed by atoms with van der Waals surface area (Å²) in [7, 11) is 3.47. The molecule has 3 unspecified atom stereocenters. The van der Waals surface area contributed by atoms with Crippen molar-refractivity contribution in [2.45, 2.75) is 50.5 Å². The highest BCUT2D eigenvalue weighted by Crippen LogP contribution is 2.21. The summed E-state index contributed by atoms with van der Waals surface area (Å²) in [6, 6.07) is 0. The molecule has 2 aliphatic rings. The van der Waals surface area contributed by atoms with Crippen LogP contribution in [0.15, 0.2) is 0 Å². The van der Waals surface area contributed by atoms with Gasteiger partial charge in [-0.25, -0.2) is 0 Å². The lowest BCUT2D eigenvalue weighted by molar-refractivity contribution is -0.0548. The lowest BCUT2D eigenvalue weighted by Gasteiger charge is -2.38. The Morgan fingerprint density at radius 2 is 1.70 bits per heavy atom. The molecule has 2 heterocycles. The molecule has 0 aromatic carbocycles. The highest BCUT2D eigenvalue weighted by molar-refractivity contribution is 4.88. The molecular formula is C17H34N2O4. The van der Waals surface area contributed by atoms with Gasteiger partial charge in [0.2, 0.25) is 0 Å². The molecule has 0 aromatic heterocycles. The Hall–Kier alpha value is -0.240. The van der Waals surface area contributed by atoms with Crippen LogP contribution < -0.4 is 5.32 Å². The maximum atomic E-state index is 6.08. The number of hydrogen-bond acceptors (Lipinski definition) is 6. The molecule has 3 atom stereocenters. The molecule has 0 saturated carbocycles. The standard InChI is InChI=1S/C17H34N2O4/c1-20-10-4-12-22-15-6-3-9-19(14-15)17-16(7-8-18-17)23-13-5-11-21-2/h15-18H,3-14H2,1-2H3. The largest absolute Gasteiger partial charge is 0.385 e. The predicted octanol–water partition coefficient (Wildman–Crippen LogP) is 1.25. The van der Waals surface area contributed by atoms with Crippen molar-refractivity contribution in [3.63, 3.8) is 0 Å². The van der Waals surface area contributed by atoms with Gasteiger partial charge in [0.15, 0.2) is 0 Å². The Labute approximate surface area is 140 Å². The van der Waals surface area contributed by atoms with Crippen LogP contribution in [0.1, 0.15) is 32.1 Å². The van der Waals surface area contributed by atoms with Crippen LogP contribution in [0.4, 0.5) is 0 Å². The van der Waals surface area contributed by atoms with Gasteiger partial charge in [-0.3, -0.25) is 10.2 Å². The minimum Gasteiger partial charge on any atom is -0.385 e. The van der Waals surface area contributed by atoms with Gasteiger partial charge in [0.25, 0.3) is 0 Å². The van der Waals surface area contributed by atoms with Crippen LogP contribution in [0.5, 0.6) is 0 Å². The zero-order valence-electron chi connectivity index (χ0n) is 14.8. The van der Waals surface area contributed by atoms with Gasteiger partial charge in [0, 0.05) is 47.2 Å². The zero-order valence-corrected chi connectivity index (χ0v) is 14.8. The van der Waals surface area contributed by atoms with E-state index in [0.29, 0.717) is 18.4 Å². The summed E-state index contributed by atoms with van der Waals surface area (Å²) in [6.07, 6.45) is 6.36. The summed E-state index contributed by atoms with van der Waals surface area (Å²) < 4.78 is 22.3. The SMILES string of the molecule is COCCCOC1CCCN(C2NCCC2OCCCOC)C1. The van der Waals surface area contributed by atoms with Crippen LogP contribution in [-0.4, -0.2) is 83.6 Å². The van der Waals surface area contributed by atoms with Gasteiger partial charge in [-0.2, -0.15) is 0 Å². The smallest absolute Gasteiger partial charge is 0.0873 e. The maximum absolute atomic E-state index is 6.08. The lowest BCUT2D eigenvalue weighted by atomic mass is 10.1. The molecule has 136 valence electrons. The van der Waals surface area contributed by atoms with Gasteiger partial charge in [-0.05, 0) is 45.2 Å². The molecule has 6 heteroatoms. The first kappa shape index (κ1) is 19.1. The summed E-state index contributed by atoms with van der Waals surface area (Å²) in [5, 5.41) is 3.61. The molecule has 1 N–H and O–H groups in total. The van der Waals surface area contributed by atoms with E-state index in [2.05, 4.69) is 10.2 Å². The van der Waals surface area contributed by atoms with E-state index in [9.17, 15) is 0 Å². The third-order valence-electron chi connectivity index (χ3n) is 4.61. The number of ether oxygens (including phenoxy) is 4. The molecule has 0 aromatic rings. The molecule has 0 aliphatic carbocycles. The number of rotatable bonds is 11. The van der Waals surface area contributed by atoms with Gasteiger partial charge in [-0.15, -0.1) is 0 Å². The Morgan fingerprint density at radius 3 is 2.43 bits per heavy atom. The summed E-state index contributed by atoms with van der Waals surface area (Å²) in [5.74, 6) is 0. The topological polar surface area (TPSA) is 52.2 Å². The average molecular weight is 330 g/mol. The number of piperidine rings is 1. The number of nitrogens with zero attached hydrogens (tertiary/aromatic N) is 1. The Morgan fingerprint density at radius 1 is 0.957 bits per heavy atom. The zero-order chi connectivity index (χ0) is 16.3. The van der Waals surface area contributed by atoms with Crippen LogP contribution in [0.3, 0.4) is 0 Å². The second-order valence-electron chi connectivity index (χ2n) is 6.42. The fourth-order valence-electron chi connectivity index (χ4n) is 3.45. The van der Waals surface area contributed by atoms with Crippen LogP contribution in [0.25, 0.3) is 0 Å². The van der Waals surface area contributed by atoms with Crippen molar-refractivity contribution >= 4 is 0 Å². The molecule has 2 fully saturated rings. The first-order valence-corrected chi connectivity index (χ1v) is 9.03. The van der Waals surface area contributed by atoms with Gasteiger partial charge in [0.1, 0.15) is 0 Å². The monoisotopic (exact) mass is 330 g/mol. The van der Waals surface area contributed by atoms with Crippen molar-refractivity contribution in [2.24, 2.45) is 0 Å². The predicted molar refractivity (Wildman–Crippen MR) is 89.7 cm³/mol. The molecule has 2 rings (SSSR count). The van der Waals surface area contributed by atoms with Crippen molar-refractivity contribution in [1.29, 1.82) is 0 Å². The third-order valence-corrected chi connectivity index (χ3v) is 4.61. The van der Waals surface area contributed by atoms with Gasteiger partial charge in [0.05, 0.1) is 18.4 Å². The highest BCUT2D eigenvalue weighted by Gasteiger charge is 2.35. The molecular weight excluding hydrogens is 296 g/mol. The Kier molecular flexibility index (Phi) is 9.41. The number of nitrogens with one attached hydrogen (secondary N) is 1. The molecule has 0 bridgehead atoms. The molecule has 0 amide bonds. The second-order valence-corrected chi connectivity index (χ2v) is 6.42. The van der Waals surface area contributed by atoms with E-state index in [-0.39, 0.29) is 0 Å². The van der Waals surface area contributed by atoms with Crippen LogP contribution in [0, 0.1) is 0 Å². The van der Waals surface area contributed by atoms with Gasteiger partial charge in [-0.1, -0.05) is 0 Å². The molecule has 6 nitrogen and oxygen atoms in total. The normalized spacial score (nSPS) is 29.2. The van der Waals surface area contributed by atoms with E-state index >= 15 is 0 Å². The summed E-state index contributed by atoms with van der Waals surface area (Å²) in [6.45, 7) is 6.29. The first-order valence-electron chi connectivity index (χ1n) is 9.03. The molecule has 23 heavy (non-hydrogen) atoms. The molecule has 0 radical (unpaired) electrons. The summed E-state index contributed by atoms with van der Waals surface area (Å²) in [4.78, 5) is 2.51. The van der Waals surface area contributed by atoms with E-state index in [4.69, 9.17) is 18.9 Å². The fourth-order valence-corrected chi connectivity index (χ4v) is 3.45. The van der Waals surface area contributed by atoms with E-state index in [0.717, 1.165) is 71.7 Å². The van der Waals surface area contributed by atoms with Crippen LogP contribution in [0.2, 0.25) is 0 Å². The average Bonchev–Trinajstić information content (AvgIpc) is 3.04. The Bertz CT molecular complexity index is 306. The molecule has 2 saturated heterocycles. The lowest BCUT2D eigenvalue weighted by Crippen LogP contribution is -2.53. The van der Waals surface area contributed by atoms with E-state index in [1.807, 2.05) is 0 Å². The van der Waals surface area contributed by atoms with Gasteiger partial charge < -0.3 is 18.9 Å². The first-order chi connectivity index (χ1) is 11.3. The van der Waals surface area contributed by atoms with Crippen molar-refractivity contribution in [3.8, 4) is 0 Å². The number of likely N-dealkylation sites (tertiary alicyclic amines) is 1. The second kappa shape index (κ2) is 11.3. The van der Waals surface area contributed by atoms with E-state index in [1.165, 1.54) is 6.42 Å². The van der Waals surface area contributed by atoms with E-state index < -0.39 is 0 Å². The fraction of sp³-hybridized carbons (Fsp3) is 1.00. The minimum absolute atomic E-state index is 0.291.